The molecular formula is C32H30Cl2N4O2S. The van der Waals surface area contributed by atoms with Crippen molar-refractivity contribution in [3.05, 3.63) is 112 Å². The highest BCUT2D eigenvalue weighted by Gasteiger charge is 2.37. The number of rotatable bonds is 8. The van der Waals surface area contributed by atoms with Crippen molar-refractivity contribution >= 4 is 45.9 Å². The van der Waals surface area contributed by atoms with Crippen LogP contribution in [0, 0.1) is 0 Å². The van der Waals surface area contributed by atoms with Crippen LogP contribution < -0.4 is 4.74 Å². The molecule has 5 aromatic rings. The Kier molecular flexibility index (Phi) is 8.24. The van der Waals surface area contributed by atoms with Gasteiger partial charge in [-0.05, 0) is 41.0 Å². The number of benzene rings is 3. The highest BCUT2D eigenvalue weighted by molar-refractivity contribution is 7.99. The number of aliphatic hydroxyl groups is 1. The second-order valence-electron chi connectivity index (χ2n) is 10.1. The van der Waals surface area contributed by atoms with Crippen LogP contribution in [-0.2, 0) is 12.6 Å². The maximum atomic E-state index is 12.4. The summed E-state index contributed by atoms with van der Waals surface area (Å²) < 4.78 is 8.13. The smallest absolute Gasteiger partial charge is 0.223 e. The van der Waals surface area contributed by atoms with Crippen LogP contribution in [-0.4, -0.2) is 62.3 Å². The summed E-state index contributed by atoms with van der Waals surface area (Å²) in [4.78, 5) is 11.6. The third-order valence-electron chi connectivity index (χ3n) is 7.57. The fourth-order valence-electron chi connectivity index (χ4n) is 5.34. The van der Waals surface area contributed by atoms with Crippen molar-refractivity contribution in [2.24, 2.45) is 7.05 Å². The van der Waals surface area contributed by atoms with E-state index < -0.39 is 5.60 Å². The number of aryl methyl sites for hydroxylation is 1. The quantitative estimate of drug-likeness (QED) is 0.214. The minimum Gasteiger partial charge on any atom is -0.476 e. The molecule has 210 valence electrons. The van der Waals surface area contributed by atoms with Gasteiger partial charge in [-0.2, -0.15) is 11.8 Å². The number of fused-ring (bicyclic) bond motifs is 1. The van der Waals surface area contributed by atoms with Crippen LogP contribution >= 0.6 is 35.0 Å². The molecule has 0 amide bonds. The molecule has 2 aromatic heterocycles. The molecular weight excluding hydrogens is 575 g/mol. The van der Waals surface area contributed by atoms with Gasteiger partial charge in [0, 0.05) is 48.6 Å². The van der Waals surface area contributed by atoms with Crippen LogP contribution in [0.25, 0.3) is 22.0 Å². The predicted molar refractivity (Wildman–Crippen MR) is 168 cm³/mol. The molecule has 6 rings (SSSR count). The Morgan fingerprint density at radius 3 is 2.41 bits per heavy atom. The lowest BCUT2D eigenvalue weighted by Gasteiger charge is -2.30. The molecule has 0 bridgehead atoms. The van der Waals surface area contributed by atoms with E-state index in [4.69, 9.17) is 32.9 Å². The Hall–Kier alpha value is -3.07. The van der Waals surface area contributed by atoms with Crippen molar-refractivity contribution in [3.8, 4) is 17.0 Å². The van der Waals surface area contributed by atoms with E-state index in [-0.39, 0.29) is 0 Å². The van der Waals surface area contributed by atoms with Crippen LogP contribution in [0.4, 0.5) is 0 Å². The van der Waals surface area contributed by atoms with Crippen LogP contribution in [0.2, 0.25) is 10.0 Å². The monoisotopic (exact) mass is 604 g/mol. The maximum Gasteiger partial charge on any atom is 0.223 e. The number of thioether (sulfide) groups is 1. The van der Waals surface area contributed by atoms with Crippen LogP contribution in [0.3, 0.4) is 0 Å². The zero-order valence-corrected chi connectivity index (χ0v) is 25.0. The topological polar surface area (TPSA) is 63.4 Å². The van der Waals surface area contributed by atoms with E-state index in [1.165, 1.54) is 0 Å². The Morgan fingerprint density at radius 1 is 0.976 bits per heavy atom. The molecule has 0 radical (unpaired) electrons. The summed E-state index contributed by atoms with van der Waals surface area (Å²) in [5.41, 5.74) is 2.74. The molecule has 6 nitrogen and oxygen atoms in total. The van der Waals surface area contributed by atoms with Gasteiger partial charge >= 0.3 is 0 Å². The lowest BCUT2D eigenvalue weighted by Crippen LogP contribution is -2.35. The van der Waals surface area contributed by atoms with Crippen molar-refractivity contribution in [1.82, 2.24) is 19.4 Å². The average Bonchev–Trinajstić information content (AvgIpc) is 3.44. The molecule has 1 aliphatic heterocycles. The lowest BCUT2D eigenvalue weighted by molar-refractivity contribution is 0.117. The molecule has 9 heteroatoms. The van der Waals surface area contributed by atoms with E-state index in [9.17, 15) is 5.11 Å². The molecule has 1 aliphatic rings. The van der Waals surface area contributed by atoms with E-state index >= 15 is 0 Å². The Morgan fingerprint density at radius 2 is 1.71 bits per heavy atom. The number of halogens is 2. The third-order valence-corrected chi connectivity index (χ3v) is 9.16. The van der Waals surface area contributed by atoms with Gasteiger partial charge in [0.1, 0.15) is 6.61 Å². The Balaban J connectivity index is 1.46. The van der Waals surface area contributed by atoms with Crippen molar-refractivity contribution < 1.29 is 9.84 Å². The lowest BCUT2D eigenvalue weighted by atomic mass is 9.83. The maximum absolute atomic E-state index is 12.4. The molecule has 3 heterocycles. The highest BCUT2D eigenvalue weighted by Crippen LogP contribution is 2.43. The van der Waals surface area contributed by atoms with Crippen molar-refractivity contribution in [3.63, 3.8) is 0 Å². The zero-order chi connectivity index (χ0) is 28.4. The third kappa shape index (κ3) is 5.57. The molecule has 0 aliphatic carbocycles. The Labute approximate surface area is 253 Å². The SMILES string of the molecule is Cn1cncc1C(O)(c1ccc(Cl)cc1)c1ccc2nc(OCCN3CCSCC3)c(-c3ccccc3)c(Cl)c2c1. The number of imidazole rings is 1. The molecule has 1 saturated heterocycles. The van der Waals surface area contributed by atoms with E-state index in [0.29, 0.717) is 44.9 Å². The van der Waals surface area contributed by atoms with Gasteiger partial charge in [-0.15, -0.1) is 0 Å². The van der Waals surface area contributed by atoms with Crippen molar-refractivity contribution in [2.75, 3.05) is 37.7 Å². The minimum absolute atomic E-state index is 0.507. The second kappa shape index (κ2) is 12.0. The highest BCUT2D eigenvalue weighted by atomic mass is 35.5. The van der Waals surface area contributed by atoms with Gasteiger partial charge in [0.2, 0.25) is 5.88 Å². The van der Waals surface area contributed by atoms with Gasteiger partial charge in [0.05, 0.1) is 34.3 Å². The number of ether oxygens (including phenoxy) is 1. The number of nitrogens with zero attached hydrogens (tertiary/aromatic N) is 4. The van der Waals surface area contributed by atoms with Gasteiger partial charge in [-0.25, -0.2) is 9.97 Å². The first-order valence-electron chi connectivity index (χ1n) is 13.5. The van der Waals surface area contributed by atoms with E-state index in [1.807, 2.05) is 84.0 Å². The first-order chi connectivity index (χ1) is 19.9. The van der Waals surface area contributed by atoms with Crippen LogP contribution in [0.15, 0.2) is 85.3 Å². The van der Waals surface area contributed by atoms with Gasteiger partial charge in [-0.1, -0.05) is 71.7 Å². The number of pyridine rings is 1. The van der Waals surface area contributed by atoms with Gasteiger partial charge in [0.15, 0.2) is 5.60 Å². The summed E-state index contributed by atoms with van der Waals surface area (Å²) >= 11 is 15.4. The molecule has 3 aromatic carbocycles. The minimum atomic E-state index is -1.51. The van der Waals surface area contributed by atoms with E-state index in [1.54, 1.807) is 24.7 Å². The van der Waals surface area contributed by atoms with Crippen LogP contribution in [0.1, 0.15) is 16.8 Å². The molecule has 1 N–H and O–H groups in total. The summed E-state index contributed by atoms with van der Waals surface area (Å²) in [5.74, 6) is 2.81. The van der Waals surface area contributed by atoms with Gasteiger partial charge < -0.3 is 14.4 Å². The van der Waals surface area contributed by atoms with E-state index in [0.717, 1.165) is 47.7 Å². The molecule has 0 saturated carbocycles. The normalized spacial score (nSPS) is 15.6. The summed E-state index contributed by atoms with van der Waals surface area (Å²) in [6.45, 7) is 3.50. The molecule has 1 unspecified atom stereocenters. The molecule has 1 atom stereocenters. The predicted octanol–water partition coefficient (Wildman–Crippen LogP) is 6.65. The summed E-state index contributed by atoms with van der Waals surface area (Å²) in [6.07, 6.45) is 3.34. The number of hydrogen-bond acceptors (Lipinski definition) is 6. The molecule has 41 heavy (non-hydrogen) atoms. The van der Waals surface area contributed by atoms with Gasteiger partial charge in [0.25, 0.3) is 0 Å². The van der Waals surface area contributed by atoms with Crippen molar-refractivity contribution in [2.45, 2.75) is 5.60 Å². The molecule has 1 fully saturated rings. The first-order valence-corrected chi connectivity index (χ1v) is 15.4. The van der Waals surface area contributed by atoms with E-state index in [2.05, 4.69) is 9.88 Å². The van der Waals surface area contributed by atoms with Crippen LogP contribution in [0.5, 0.6) is 5.88 Å². The summed E-state index contributed by atoms with van der Waals surface area (Å²) in [7, 11) is 1.86. The first kappa shape index (κ1) is 28.1. The standard InChI is InChI=1S/C32H30Cl2N4O2S/c1-37-21-35-20-28(37)32(39,23-7-10-25(33)11-8-23)24-9-12-27-26(19-24)30(34)29(22-5-3-2-4-6-22)31(36-27)40-16-13-38-14-17-41-18-15-38/h2-12,19-21,39H,13-18H2,1H3. The van der Waals surface area contributed by atoms with Gasteiger partial charge in [-0.3, -0.25) is 4.90 Å². The fraction of sp³-hybridized carbons (Fsp3) is 0.250. The molecule has 0 spiro atoms. The number of hydrogen-bond donors (Lipinski definition) is 1. The largest absolute Gasteiger partial charge is 0.476 e. The zero-order valence-electron chi connectivity index (χ0n) is 22.6. The number of aromatic nitrogens is 3. The summed E-state index contributed by atoms with van der Waals surface area (Å²) in [5, 5.41) is 14.3. The Bertz CT molecular complexity index is 1660. The fourth-order valence-corrected chi connectivity index (χ4v) is 6.79. The average molecular weight is 606 g/mol. The second-order valence-corrected chi connectivity index (χ2v) is 12.2. The summed E-state index contributed by atoms with van der Waals surface area (Å²) in [6, 6.07) is 22.8. The van der Waals surface area contributed by atoms with Crippen molar-refractivity contribution in [1.29, 1.82) is 0 Å².